The first kappa shape index (κ1) is 11.2. The number of nitrogens with zero attached hydrogens (tertiary/aromatic N) is 2. The highest BCUT2D eigenvalue weighted by atomic mass is 16.2. The number of pyridine rings is 1. The Morgan fingerprint density at radius 1 is 1.33 bits per heavy atom. The molecule has 0 spiro atoms. The zero-order chi connectivity index (χ0) is 12.5. The predicted octanol–water partition coefficient (Wildman–Crippen LogP) is 1.41. The Morgan fingerprint density at radius 3 is 2.94 bits per heavy atom. The maximum Gasteiger partial charge on any atom is 0.273 e. The Kier molecular flexibility index (Phi) is 2.72. The van der Waals surface area contributed by atoms with Crippen LogP contribution in [0.25, 0.3) is 10.8 Å². The molecule has 1 aromatic carbocycles. The van der Waals surface area contributed by atoms with Gasteiger partial charge in [-0.25, -0.2) is 0 Å². The number of carbonyl (C=O) groups is 1. The van der Waals surface area contributed by atoms with E-state index < -0.39 is 0 Å². The van der Waals surface area contributed by atoms with Gasteiger partial charge < -0.3 is 10.6 Å². The number of likely N-dealkylation sites (tertiary alicyclic amines) is 1. The van der Waals surface area contributed by atoms with Crippen LogP contribution >= 0.6 is 0 Å². The van der Waals surface area contributed by atoms with Crippen molar-refractivity contribution in [2.45, 2.75) is 12.5 Å². The van der Waals surface area contributed by atoms with E-state index in [4.69, 9.17) is 5.73 Å². The van der Waals surface area contributed by atoms with Gasteiger partial charge in [0.25, 0.3) is 5.91 Å². The molecule has 1 aliphatic heterocycles. The Balaban J connectivity index is 2.01. The number of fused-ring (bicyclic) bond motifs is 1. The van der Waals surface area contributed by atoms with Crippen molar-refractivity contribution in [2.75, 3.05) is 13.1 Å². The average Bonchev–Trinajstić information content (AvgIpc) is 2.84. The number of hydrogen-bond donors (Lipinski definition) is 1. The van der Waals surface area contributed by atoms with Gasteiger partial charge in [0, 0.05) is 30.7 Å². The summed E-state index contributed by atoms with van der Waals surface area (Å²) in [5, 5.41) is 1.95. The lowest BCUT2D eigenvalue weighted by Crippen LogP contribution is -2.32. The van der Waals surface area contributed by atoms with Gasteiger partial charge in [-0.1, -0.05) is 24.3 Å². The van der Waals surface area contributed by atoms with Gasteiger partial charge in [0.2, 0.25) is 0 Å². The third-order valence-electron chi connectivity index (χ3n) is 3.39. The van der Waals surface area contributed by atoms with Crippen LogP contribution in [0.2, 0.25) is 0 Å². The molecule has 1 aromatic heterocycles. The molecule has 0 bridgehead atoms. The average molecular weight is 241 g/mol. The molecule has 0 unspecified atom stereocenters. The van der Waals surface area contributed by atoms with Gasteiger partial charge in [-0.15, -0.1) is 0 Å². The van der Waals surface area contributed by atoms with E-state index in [2.05, 4.69) is 4.98 Å². The van der Waals surface area contributed by atoms with Crippen LogP contribution in [-0.4, -0.2) is 34.9 Å². The highest BCUT2D eigenvalue weighted by Crippen LogP contribution is 2.19. The van der Waals surface area contributed by atoms with Gasteiger partial charge in [0.1, 0.15) is 5.69 Å². The number of aromatic nitrogens is 1. The molecule has 0 aliphatic carbocycles. The van der Waals surface area contributed by atoms with Crippen LogP contribution in [0.3, 0.4) is 0 Å². The molecular weight excluding hydrogens is 226 g/mol. The monoisotopic (exact) mass is 241 g/mol. The first-order valence-electron chi connectivity index (χ1n) is 6.14. The van der Waals surface area contributed by atoms with Gasteiger partial charge in [-0.05, 0) is 17.9 Å². The molecule has 2 N–H and O–H groups in total. The quantitative estimate of drug-likeness (QED) is 0.821. The molecule has 1 saturated heterocycles. The van der Waals surface area contributed by atoms with Gasteiger partial charge in [0.15, 0.2) is 0 Å². The molecule has 1 aliphatic rings. The molecule has 3 rings (SSSR count). The van der Waals surface area contributed by atoms with E-state index in [0.29, 0.717) is 12.2 Å². The Hall–Kier alpha value is -1.94. The maximum atomic E-state index is 12.4. The normalized spacial score (nSPS) is 19.4. The van der Waals surface area contributed by atoms with Gasteiger partial charge in [0.05, 0.1) is 0 Å². The van der Waals surface area contributed by atoms with E-state index in [0.717, 1.165) is 23.7 Å². The topological polar surface area (TPSA) is 59.2 Å². The van der Waals surface area contributed by atoms with Gasteiger partial charge in [-0.2, -0.15) is 0 Å². The van der Waals surface area contributed by atoms with E-state index in [1.54, 1.807) is 11.1 Å². The fraction of sp³-hybridized carbons (Fsp3) is 0.286. The van der Waals surface area contributed by atoms with Crippen molar-refractivity contribution in [3.63, 3.8) is 0 Å². The Morgan fingerprint density at radius 2 is 2.17 bits per heavy atom. The van der Waals surface area contributed by atoms with Crippen molar-refractivity contribution < 1.29 is 4.79 Å². The second-order valence-corrected chi connectivity index (χ2v) is 4.68. The fourth-order valence-electron chi connectivity index (χ4n) is 2.41. The van der Waals surface area contributed by atoms with Crippen molar-refractivity contribution in [3.8, 4) is 0 Å². The van der Waals surface area contributed by atoms with Crippen LogP contribution in [0.1, 0.15) is 16.9 Å². The van der Waals surface area contributed by atoms with Crippen molar-refractivity contribution >= 4 is 16.7 Å². The van der Waals surface area contributed by atoms with E-state index in [9.17, 15) is 4.79 Å². The van der Waals surface area contributed by atoms with E-state index in [1.807, 2.05) is 30.3 Å². The second kappa shape index (κ2) is 4.38. The molecule has 18 heavy (non-hydrogen) atoms. The Bertz CT molecular complexity index is 591. The van der Waals surface area contributed by atoms with Crippen molar-refractivity contribution in [1.82, 2.24) is 9.88 Å². The lowest BCUT2D eigenvalue weighted by molar-refractivity contribution is 0.0787. The molecular formula is C14H15N3O. The number of carbonyl (C=O) groups excluding carboxylic acids is 1. The highest BCUT2D eigenvalue weighted by molar-refractivity contribution is 6.05. The number of benzene rings is 1. The number of hydrogen-bond acceptors (Lipinski definition) is 3. The zero-order valence-corrected chi connectivity index (χ0v) is 10.0. The standard InChI is InChI=1S/C14H15N3O/c15-11-6-8-17(9-11)14(18)13-12-4-2-1-3-10(12)5-7-16-13/h1-5,7,11H,6,8-9,15H2/t11-/m0/s1. The third-order valence-corrected chi connectivity index (χ3v) is 3.39. The summed E-state index contributed by atoms with van der Waals surface area (Å²) in [6.07, 6.45) is 2.56. The number of rotatable bonds is 1. The summed E-state index contributed by atoms with van der Waals surface area (Å²) in [6.45, 7) is 1.36. The molecule has 92 valence electrons. The van der Waals surface area contributed by atoms with Crippen molar-refractivity contribution in [3.05, 3.63) is 42.2 Å². The summed E-state index contributed by atoms with van der Waals surface area (Å²) in [7, 11) is 0. The summed E-state index contributed by atoms with van der Waals surface area (Å²) < 4.78 is 0. The van der Waals surface area contributed by atoms with Crippen LogP contribution in [0.4, 0.5) is 0 Å². The molecule has 1 atom stereocenters. The summed E-state index contributed by atoms with van der Waals surface area (Å²) in [4.78, 5) is 18.4. The minimum atomic E-state index is -0.0141. The van der Waals surface area contributed by atoms with Crippen LogP contribution in [0.5, 0.6) is 0 Å². The van der Waals surface area contributed by atoms with Crippen LogP contribution in [0, 0.1) is 0 Å². The van der Waals surface area contributed by atoms with E-state index >= 15 is 0 Å². The minimum Gasteiger partial charge on any atom is -0.336 e. The highest BCUT2D eigenvalue weighted by Gasteiger charge is 2.26. The number of amides is 1. The first-order valence-corrected chi connectivity index (χ1v) is 6.14. The molecule has 1 amide bonds. The van der Waals surface area contributed by atoms with Crippen LogP contribution < -0.4 is 5.73 Å². The first-order chi connectivity index (χ1) is 8.75. The molecule has 4 heteroatoms. The Labute approximate surface area is 105 Å². The van der Waals surface area contributed by atoms with E-state index in [1.165, 1.54) is 0 Å². The minimum absolute atomic E-state index is 0.0141. The molecule has 0 saturated carbocycles. The summed E-state index contributed by atoms with van der Waals surface area (Å²) in [5.41, 5.74) is 6.37. The summed E-state index contributed by atoms with van der Waals surface area (Å²) in [6, 6.07) is 9.83. The largest absolute Gasteiger partial charge is 0.336 e. The molecule has 2 aromatic rings. The molecule has 2 heterocycles. The van der Waals surface area contributed by atoms with Crippen LogP contribution in [0.15, 0.2) is 36.5 Å². The van der Waals surface area contributed by atoms with Gasteiger partial charge >= 0.3 is 0 Å². The second-order valence-electron chi connectivity index (χ2n) is 4.68. The molecule has 1 fully saturated rings. The predicted molar refractivity (Wildman–Crippen MR) is 70.2 cm³/mol. The molecule has 0 radical (unpaired) electrons. The smallest absolute Gasteiger partial charge is 0.273 e. The van der Waals surface area contributed by atoms with E-state index in [-0.39, 0.29) is 11.9 Å². The van der Waals surface area contributed by atoms with Gasteiger partial charge in [-0.3, -0.25) is 9.78 Å². The lowest BCUT2D eigenvalue weighted by Gasteiger charge is -2.16. The molecule has 4 nitrogen and oxygen atoms in total. The third kappa shape index (κ3) is 1.84. The number of nitrogens with two attached hydrogens (primary N) is 1. The maximum absolute atomic E-state index is 12.4. The lowest BCUT2D eigenvalue weighted by atomic mass is 10.1. The SMILES string of the molecule is N[C@H]1CCN(C(=O)c2nccc3ccccc23)C1. The van der Waals surface area contributed by atoms with Crippen molar-refractivity contribution in [2.24, 2.45) is 5.73 Å². The fourth-order valence-corrected chi connectivity index (χ4v) is 2.41. The van der Waals surface area contributed by atoms with Crippen molar-refractivity contribution in [1.29, 1.82) is 0 Å². The zero-order valence-electron chi connectivity index (χ0n) is 10.0. The summed E-state index contributed by atoms with van der Waals surface area (Å²) >= 11 is 0. The summed E-state index contributed by atoms with van der Waals surface area (Å²) in [5.74, 6) is -0.0141. The van der Waals surface area contributed by atoms with Crippen LogP contribution in [-0.2, 0) is 0 Å².